The number of hydrogen-bond donors (Lipinski definition) is 3. The molecule has 21 heavy (non-hydrogen) atoms. The lowest BCUT2D eigenvalue weighted by molar-refractivity contribution is -0.122. The normalized spacial score (nSPS) is 12.1. The first kappa shape index (κ1) is 17.9. The van der Waals surface area contributed by atoms with Gasteiger partial charge < -0.3 is 16.0 Å². The molecule has 0 radical (unpaired) electrons. The maximum Gasteiger partial charge on any atom is 0.242 e. The van der Waals surface area contributed by atoms with Crippen molar-refractivity contribution in [3.63, 3.8) is 0 Å². The topological polar surface area (TPSA) is 66.0 Å². The number of amides is 1. The number of pyridine rings is 1. The van der Waals surface area contributed by atoms with E-state index in [-0.39, 0.29) is 11.9 Å². The summed E-state index contributed by atoms with van der Waals surface area (Å²) in [6.45, 7) is 8.38. The van der Waals surface area contributed by atoms with Crippen molar-refractivity contribution in [1.29, 1.82) is 0 Å². The SMILES string of the molecule is CCCNc1nc(NC(C)C(=O)NC(C)C)c(Cl)cc1Cl. The summed E-state index contributed by atoms with van der Waals surface area (Å²) in [7, 11) is 0. The van der Waals surface area contributed by atoms with E-state index >= 15 is 0 Å². The van der Waals surface area contributed by atoms with Crippen LogP contribution in [0.4, 0.5) is 11.6 Å². The maximum absolute atomic E-state index is 11.9. The number of nitrogens with one attached hydrogen (secondary N) is 3. The predicted octanol–water partition coefficient (Wildman–Crippen LogP) is 3.54. The van der Waals surface area contributed by atoms with Crippen LogP contribution in [-0.2, 0) is 4.79 Å². The van der Waals surface area contributed by atoms with Gasteiger partial charge in [-0.1, -0.05) is 30.1 Å². The summed E-state index contributed by atoms with van der Waals surface area (Å²) in [6, 6.07) is 1.25. The average Bonchev–Trinajstić information content (AvgIpc) is 2.39. The molecule has 0 aliphatic carbocycles. The highest BCUT2D eigenvalue weighted by Crippen LogP contribution is 2.29. The van der Waals surface area contributed by atoms with Crippen molar-refractivity contribution in [1.82, 2.24) is 10.3 Å². The van der Waals surface area contributed by atoms with E-state index in [9.17, 15) is 4.79 Å². The second-order valence-electron chi connectivity index (χ2n) is 5.11. The van der Waals surface area contributed by atoms with Gasteiger partial charge in [-0.15, -0.1) is 0 Å². The van der Waals surface area contributed by atoms with Gasteiger partial charge in [0.1, 0.15) is 17.7 Å². The molecule has 0 spiro atoms. The van der Waals surface area contributed by atoms with Crippen LogP contribution in [-0.4, -0.2) is 29.5 Å². The van der Waals surface area contributed by atoms with E-state index in [1.807, 2.05) is 20.8 Å². The Balaban J connectivity index is 2.84. The summed E-state index contributed by atoms with van der Waals surface area (Å²) >= 11 is 12.2. The number of aromatic nitrogens is 1. The largest absolute Gasteiger partial charge is 0.369 e. The zero-order valence-corrected chi connectivity index (χ0v) is 14.3. The van der Waals surface area contributed by atoms with Crippen LogP contribution >= 0.6 is 23.2 Å². The van der Waals surface area contributed by atoms with Gasteiger partial charge in [-0.2, -0.15) is 0 Å². The van der Waals surface area contributed by atoms with Crippen molar-refractivity contribution in [3.8, 4) is 0 Å². The van der Waals surface area contributed by atoms with Crippen LogP contribution in [0.1, 0.15) is 34.1 Å². The van der Waals surface area contributed by atoms with Crippen molar-refractivity contribution < 1.29 is 4.79 Å². The lowest BCUT2D eigenvalue weighted by Gasteiger charge is -2.18. The summed E-state index contributed by atoms with van der Waals surface area (Å²) in [5.41, 5.74) is 0. The molecule has 0 fully saturated rings. The molecule has 5 nitrogen and oxygen atoms in total. The molecule has 7 heteroatoms. The standard InChI is InChI=1S/C14H22Cl2N4O/c1-5-6-17-12-10(15)7-11(16)13(20-12)19-9(4)14(21)18-8(2)3/h7-9H,5-6H2,1-4H3,(H,18,21)(H2,17,19,20). The van der Waals surface area contributed by atoms with Crippen LogP contribution in [0.2, 0.25) is 10.0 Å². The molecule has 1 unspecified atom stereocenters. The molecule has 0 saturated carbocycles. The third-order valence-corrected chi connectivity index (χ3v) is 3.23. The number of hydrogen-bond acceptors (Lipinski definition) is 4. The molecule has 1 aromatic heterocycles. The Labute approximate surface area is 135 Å². The highest BCUT2D eigenvalue weighted by atomic mass is 35.5. The molecule has 0 saturated heterocycles. The van der Waals surface area contributed by atoms with Crippen LogP contribution in [0.15, 0.2) is 6.07 Å². The highest BCUT2D eigenvalue weighted by molar-refractivity contribution is 6.37. The van der Waals surface area contributed by atoms with Crippen molar-refractivity contribution >= 4 is 40.7 Å². The lowest BCUT2D eigenvalue weighted by atomic mass is 10.2. The molecule has 0 aliphatic rings. The van der Waals surface area contributed by atoms with E-state index in [0.29, 0.717) is 21.7 Å². The molecule has 118 valence electrons. The Morgan fingerprint density at radius 1 is 1.24 bits per heavy atom. The van der Waals surface area contributed by atoms with Crippen molar-refractivity contribution in [2.24, 2.45) is 0 Å². The molecule has 3 N–H and O–H groups in total. The number of carbonyl (C=O) groups excluding carboxylic acids is 1. The lowest BCUT2D eigenvalue weighted by Crippen LogP contribution is -2.41. The molecule has 1 atom stereocenters. The molecular weight excluding hydrogens is 311 g/mol. The number of halogens is 2. The molecule has 0 bridgehead atoms. The monoisotopic (exact) mass is 332 g/mol. The van der Waals surface area contributed by atoms with Gasteiger partial charge in [-0.05, 0) is 33.3 Å². The predicted molar refractivity (Wildman–Crippen MR) is 89.4 cm³/mol. The Bertz CT molecular complexity index is 494. The van der Waals surface area contributed by atoms with Crippen LogP contribution in [0.5, 0.6) is 0 Å². The van der Waals surface area contributed by atoms with Gasteiger partial charge in [0.05, 0.1) is 10.0 Å². The quantitative estimate of drug-likeness (QED) is 0.714. The van der Waals surface area contributed by atoms with Crippen LogP contribution in [0.25, 0.3) is 0 Å². The Kier molecular flexibility index (Phi) is 7.05. The maximum atomic E-state index is 11.9. The summed E-state index contributed by atoms with van der Waals surface area (Å²) in [4.78, 5) is 16.3. The minimum Gasteiger partial charge on any atom is -0.369 e. The molecular formula is C14H22Cl2N4O. The summed E-state index contributed by atoms with van der Waals surface area (Å²) in [5.74, 6) is 0.883. The Morgan fingerprint density at radius 3 is 2.43 bits per heavy atom. The van der Waals surface area contributed by atoms with Gasteiger partial charge in [0.25, 0.3) is 0 Å². The van der Waals surface area contributed by atoms with Gasteiger partial charge in [0.15, 0.2) is 0 Å². The van der Waals surface area contributed by atoms with Crippen molar-refractivity contribution in [2.75, 3.05) is 17.2 Å². The fourth-order valence-electron chi connectivity index (χ4n) is 1.62. The fourth-order valence-corrected chi connectivity index (χ4v) is 2.10. The zero-order chi connectivity index (χ0) is 16.0. The van der Waals surface area contributed by atoms with Crippen LogP contribution in [0, 0.1) is 0 Å². The van der Waals surface area contributed by atoms with Gasteiger partial charge in [0.2, 0.25) is 5.91 Å². The summed E-state index contributed by atoms with van der Waals surface area (Å²) < 4.78 is 0. The van der Waals surface area contributed by atoms with Gasteiger partial charge >= 0.3 is 0 Å². The number of rotatable bonds is 7. The molecule has 1 aromatic rings. The van der Waals surface area contributed by atoms with E-state index in [0.717, 1.165) is 13.0 Å². The van der Waals surface area contributed by atoms with E-state index in [1.54, 1.807) is 13.0 Å². The molecule has 1 heterocycles. The number of carbonyl (C=O) groups is 1. The second kappa shape index (κ2) is 8.29. The Hall–Kier alpha value is -1.20. The fraction of sp³-hybridized carbons (Fsp3) is 0.571. The van der Waals surface area contributed by atoms with Gasteiger partial charge in [-0.25, -0.2) is 4.98 Å². The first-order valence-electron chi connectivity index (χ1n) is 7.02. The second-order valence-corrected chi connectivity index (χ2v) is 5.92. The molecule has 0 aromatic carbocycles. The third kappa shape index (κ3) is 5.59. The van der Waals surface area contributed by atoms with Gasteiger partial charge in [0, 0.05) is 12.6 Å². The van der Waals surface area contributed by atoms with Crippen molar-refractivity contribution in [3.05, 3.63) is 16.1 Å². The van der Waals surface area contributed by atoms with Gasteiger partial charge in [-0.3, -0.25) is 4.79 Å². The molecule has 1 rings (SSSR count). The summed E-state index contributed by atoms with van der Waals surface area (Å²) in [5, 5.41) is 9.79. The highest BCUT2D eigenvalue weighted by Gasteiger charge is 2.17. The average molecular weight is 333 g/mol. The Morgan fingerprint density at radius 2 is 1.86 bits per heavy atom. The number of nitrogens with zero attached hydrogens (tertiary/aromatic N) is 1. The third-order valence-electron chi connectivity index (χ3n) is 2.65. The molecule has 0 aliphatic heterocycles. The van der Waals surface area contributed by atoms with E-state index in [4.69, 9.17) is 23.2 Å². The summed E-state index contributed by atoms with van der Waals surface area (Å²) in [6.07, 6.45) is 0.955. The molecule has 1 amide bonds. The first-order chi connectivity index (χ1) is 9.85. The van der Waals surface area contributed by atoms with E-state index in [2.05, 4.69) is 20.9 Å². The van der Waals surface area contributed by atoms with Crippen LogP contribution in [0.3, 0.4) is 0 Å². The first-order valence-corrected chi connectivity index (χ1v) is 7.77. The minimum atomic E-state index is -0.447. The van der Waals surface area contributed by atoms with Crippen LogP contribution < -0.4 is 16.0 Å². The van der Waals surface area contributed by atoms with Crippen molar-refractivity contribution in [2.45, 2.75) is 46.2 Å². The zero-order valence-electron chi connectivity index (χ0n) is 12.8. The smallest absolute Gasteiger partial charge is 0.242 e. The van der Waals surface area contributed by atoms with E-state index < -0.39 is 6.04 Å². The van der Waals surface area contributed by atoms with E-state index in [1.165, 1.54) is 0 Å². The minimum absolute atomic E-state index is 0.0807. The number of anilines is 2.